The van der Waals surface area contributed by atoms with E-state index in [1.165, 1.54) is 64.2 Å². The Morgan fingerprint density at radius 3 is 1.48 bits per heavy atom. The summed E-state index contributed by atoms with van der Waals surface area (Å²) in [6.45, 7) is 16.5. The standard InChI is InChI=1S/C20H43N/c1-8-11-12-13-14-15-16-17-20(9-2,10-3)21(18(4)5)19(6)7/h18-19H,8-17H2,1-7H3. The lowest BCUT2D eigenvalue weighted by Gasteiger charge is -2.48. The van der Waals surface area contributed by atoms with E-state index >= 15 is 0 Å². The molecule has 0 aromatic carbocycles. The summed E-state index contributed by atoms with van der Waals surface area (Å²) in [5, 5.41) is 0. The van der Waals surface area contributed by atoms with Crippen LogP contribution < -0.4 is 0 Å². The summed E-state index contributed by atoms with van der Waals surface area (Å²) in [4.78, 5) is 2.78. The highest BCUT2D eigenvalue weighted by Crippen LogP contribution is 2.33. The van der Waals surface area contributed by atoms with Crippen molar-refractivity contribution < 1.29 is 0 Å². The van der Waals surface area contributed by atoms with E-state index in [1.54, 1.807) is 0 Å². The molecule has 0 aromatic heterocycles. The van der Waals surface area contributed by atoms with Crippen LogP contribution in [0.15, 0.2) is 0 Å². The van der Waals surface area contributed by atoms with Crippen molar-refractivity contribution >= 4 is 0 Å². The molecular formula is C20H43N. The molecule has 0 aromatic rings. The van der Waals surface area contributed by atoms with Crippen molar-refractivity contribution in [2.45, 2.75) is 130 Å². The summed E-state index contributed by atoms with van der Waals surface area (Å²) < 4.78 is 0. The van der Waals surface area contributed by atoms with Crippen LogP contribution in [0.3, 0.4) is 0 Å². The number of unbranched alkanes of at least 4 members (excludes halogenated alkanes) is 6. The molecule has 0 aliphatic rings. The van der Waals surface area contributed by atoms with Crippen molar-refractivity contribution in [2.24, 2.45) is 0 Å². The summed E-state index contributed by atoms with van der Waals surface area (Å²) in [5.41, 5.74) is 0.422. The van der Waals surface area contributed by atoms with E-state index in [4.69, 9.17) is 0 Å². The number of hydrogen-bond acceptors (Lipinski definition) is 1. The van der Waals surface area contributed by atoms with Gasteiger partial charge in [0.25, 0.3) is 0 Å². The van der Waals surface area contributed by atoms with Gasteiger partial charge in [-0.1, -0.05) is 65.7 Å². The van der Waals surface area contributed by atoms with E-state index in [2.05, 4.69) is 53.4 Å². The minimum Gasteiger partial charge on any atom is -0.293 e. The van der Waals surface area contributed by atoms with Gasteiger partial charge < -0.3 is 0 Å². The largest absolute Gasteiger partial charge is 0.293 e. The van der Waals surface area contributed by atoms with Crippen molar-refractivity contribution in [1.29, 1.82) is 0 Å². The van der Waals surface area contributed by atoms with Gasteiger partial charge in [-0.05, 0) is 47.0 Å². The molecule has 0 aliphatic heterocycles. The fourth-order valence-electron chi connectivity index (χ4n) is 4.20. The molecule has 0 amide bonds. The Labute approximate surface area is 135 Å². The van der Waals surface area contributed by atoms with Crippen LogP contribution in [0.4, 0.5) is 0 Å². The molecule has 0 N–H and O–H groups in total. The molecule has 0 atom stereocenters. The first-order valence-electron chi connectivity index (χ1n) is 9.73. The van der Waals surface area contributed by atoms with Crippen LogP contribution >= 0.6 is 0 Å². The SMILES string of the molecule is CCCCCCCCCC(CC)(CC)N(C(C)C)C(C)C. The first-order chi connectivity index (χ1) is 9.95. The third kappa shape index (κ3) is 7.17. The van der Waals surface area contributed by atoms with Gasteiger partial charge in [-0.2, -0.15) is 0 Å². The lowest BCUT2D eigenvalue weighted by atomic mass is 9.82. The van der Waals surface area contributed by atoms with Gasteiger partial charge in [-0.3, -0.25) is 4.90 Å². The second-order valence-corrected chi connectivity index (χ2v) is 7.40. The van der Waals surface area contributed by atoms with E-state index in [1.807, 2.05) is 0 Å². The van der Waals surface area contributed by atoms with Crippen molar-refractivity contribution in [3.05, 3.63) is 0 Å². The van der Waals surface area contributed by atoms with Gasteiger partial charge in [0.05, 0.1) is 0 Å². The zero-order chi connectivity index (χ0) is 16.3. The van der Waals surface area contributed by atoms with Crippen molar-refractivity contribution in [3.8, 4) is 0 Å². The molecule has 128 valence electrons. The minimum atomic E-state index is 0.422. The highest BCUT2D eigenvalue weighted by atomic mass is 15.2. The second kappa shape index (κ2) is 11.5. The van der Waals surface area contributed by atoms with E-state index in [0.717, 1.165) is 0 Å². The fourth-order valence-corrected chi connectivity index (χ4v) is 4.20. The normalized spacial score (nSPS) is 12.9. The quantitative estimate of drug-likeness (QED) is 0.338. The second-order valence-electron chi connectivity index (χ2n) is 7.40. The first kappa shape index (κ1) is 21.0. The van der Waals surface area contributed by atoms with E-state index in [0.29, 0.717) is 17.6 Å². The van der Waals surface area contributed by atoms with Crippen molar-refractivity contribution in [3.63, 3.8) is 0 Å². The van der Waals surface area contributed by atoms with Crippen LogP contribution in [-0.4, -0.2) is 22.5 Å². The number of hydrogen-bond donors (Lipinski definition) is 0. The van der Waals surface area contributed by atoms with Crippen molar-refractivity contribution in [2.75, 3.05) is 0 Å². The summed E-state index contributed by atoms with van der Waals surface area (Å²) >= 11 is 0. The molecule has 0 unspecified atom stereocenters. The predicted molar refractivity (Wildman–Crippen MR) is 98.0 cm³/mol. The van der Waals surface area contributed by atoms with Gasteiger partial charge in [0.1, 0.15) is 0 Å². The molecule has 0 fully saturated rings. The van der Waals surface area contributed by atoms with Crippen LogP contribution in [0.25, 0.3) is 0 Å². The zero-order valence-corrected chi connectivity index (χ0v) is 16.2. The highest BCUT2D eigenvalue weighted by Gasteiger charge is 2.35. The summed E-state index contributed by atoms with van der Waals surface area (Å²) in [7, 11) is 0. The van der Waals surface area contributed by atoms with Gasteiger partial charge in [0, 0.05) is 17.6 Å². The maximum absolute atomic E-state index is 2.78. The third-order valence-corrected chi connectivity index (χ3v) is 5.22. The first-order valence-corrected chi connectivity index (χ1v) is 9.73. The highest BCUT2D eigenvalue weighted by molar-refractivity contribution is 4.91. The predicted octanol–water partition coefficient (Wildman–Crippen LogP) is 6.80. The van der Waals surface area contributed by atoms with Gasteiger partial charge >= 0.3 is 0 Å². The molecule has 0 saturated heterocycles. The Balaban J connectivity index is 4.39. The van der Waals surface area contributed by atoms with Crippen LogP contribution in [0, 0.1) is 0 Å². The maximum atomic E-state index is 2.78. The summed E-state index contributed by atoms with van der Waals surface area (Å²) in [5.74, 6) is 0. The fraction of sp³-hybridized carbons (Fsp3) is 1.00. The maximum Gasteiger partial charge on any atom is 0.0209 e. The van der Waals surface area contributed by atoms with Crippen LogP contribution in [0.1, 0.15) is 113 Å². The topological polar surface area (TPSA) is 3.24 Å². The number of rotatable bonds is 13. The molecule has 0 saturated carbocycles. The molecular weight excluding hydrogens is 254 g/mol. The average molecular weight is 298 g/mol. The molecule has 1 nitrogen and oxygen atoms in total. The van der Waals surface area contributed by atoms with Gasteiger partial charge in [0.2, 0.25) is 0 Å². The lowest BCUT2D eigenvalue weighted by Crippen LogP contribution is -2.54. The Morgan fingerprint density at radius 2 is 1.10 bits per heavy atom. The molecule has 0 spiro atoms. The van der Waals surface area contributed by atoms with E-state index in [-0.39, 0.29) is 0 Å². The Kier molecular flexibility index (Phi) is 11.5. The monoisotopic (exact) mass is 297 g/mol. The third-order valence-electron chi connectivity index (χ3n) is 5.22. The number of nitrogens with zero attached hydrogens (tertiary/aromatic N) is 1. The van der Waals surface area contributed by atoms with Crippen molar-refractivity contribution in [1.82, 2.24) is 4.90 Å². The Morgan fingerprint density at radius 1 is 0.667 bits per heavy atom. The van der Waals surface area contributed by atoms with E-state index in [9.17, 15) is 0 Å². The van der Waals surface area contributed by atoms with Gasteiger partial charge in [-0.25, -0.2) is 0 Å². The Hall–Kier alpha value is -0.0400. The van der Waals surface area contributed by atoms with Crippen LogP contribution in [-0.2, 0) is 0 Å². The average Bonchev–Trinajstić information content (AvgIpc) is 2.44. The zero-order valence-electron chi connectivity index (χ0n) is 16.2. The van der Waals surface area contributed by atoms with Crippen LogP contribution in [0.5, 0.6) is 0 Å². The lowest BCUT2D eigenvalue weighted by molar-refractivity contribution is 0.00967. The molecule has 0 bridgehead atoms. The van der Waals surface area contributed by atoms with E-state index < -0.39 is 0 Å². The summed E-state index contributed by atoms with van der Waals surface area (Å²) in [6, 6.07) is 1.30. The smallest absolute Gasteiger partial charge is 0.0209 e. The summed E-state index contributed by atoms with van der Waals surface area (Å²) in [6.07, 6.45) is 13.9. The molecule has 0 heterocycles. The molecule has 21 heavy (non-hydrogen) atoms. The Bertz CT molecular complexity index is 220. The molecule has 0 radical (unpaired) electrons. The molecule has 0 rings (SSSR count). The van der Waals surface area contributed by atoms with Crippen LogP contribution in [0.2, 0.25) is 0 Å². The molecule has 1 heteroatoms. The molecule has 0 aliphatic carbocycles. The minimum absolute atomic E-state index is 0.422. The van der Waals surface area contributed by atoms with Gasteiger partial charge in [0.15, 0.2) is 0 Å². The van der Waals surface area contributed by atoms with Gasteiger partial charge in [-0.15, -0.1) is 0 Å².